The molecule has 1 heteroatoms. The van der Waals surface area contributed by atoms with Crippen LogP contribution < -0.4 is 0 Å². The van der Waals surface area contributed by atoms with Gasteiger partial charge in [0.25, 0.3) is 0 Å². The van der Waals surface area contributed by atoms with Gasteiger partial charge < -0.3 is 4.74 Å². The Hall–Kier alpha value is -0.300. The Kier molecular flexibility index (Phi) is 4.41. The van der Waals surface area contributed by atoms with E-state index < -0.39 is 0 Å². The summed E-state index contributed by atoms with van der Waals surface area (Å²) >= 11 is 0. The van der Waals surface area contributed by atoms with Crippen LogP contribution in [0.2, 0.25) is 0 Å². The Morgan fingerprint density at radius 1 is 1.67 bits per heavy atom. The third-order valence-corrected chi connectivity index (χ3v) is 1.02. The van der Waals surface area contributed by atoms with Gasteiger partial charge in [-0.25, -0.2) is 0 Å². The minimum atomic E-state index is 0.127. The first-order valence-electron chi connectivity index (χ1n) is 3.26. The highest BCUT2D eigenvalue weighted by atomic mass is 16.5. The Morgan fingerprint density at radius 2 is 2.22 bits per heavy atom. The fourth-order valence-electron chi connectivity index (χ4n) is 0.378. The molecule has 0 amide bonds. The van der Waals surface area contributed by atoms with Gasteiger partial charge in [-0.3, -0.25) is 0 Å². The summed E-state index contributed by atoms with van der Waals surface area (Å²) in [4.78, 5) is 0. The van der Waals surface area contributed by atoms with Gasteiger partial charge in [-0.2, -0.15) is 0 Å². The second-order valence-corrected chi connectivity index (χ2v) is 2.30. The monoisotopic (exact) mass is 127 g/mol. The third kappa shape index (κ3) is 5.57. The molecule has 53 valence electrons. The van der Waals surface area contributed by atoms with E-state index in [0.717, 1.165) is 12.0 Å². The van der Waals surface area contributed by atoms with Crippen molar-refractivity contribution in [3.05, 3.63) is 19.1 Å². The summed E-state index contributed by atoms with van der Waals surface area (Å²) in [5.74, 6) is 0. The van der Waals surface area contributed by atoms with E-state index in [-0.39, 0.29) is 6.10 Å². The zero-order valence-electron chi connectivity index (χ0n) is 6.31. The number of rotatable bonds is 4. The predicted molar refractivity (Wildman–Crippen MR) is 40.2 cm³/mol. The summed E-state index contributed by atoms with van der Waals surface area (Å²) in [5.41, 5.74) is 1.05. The van der Waals surface area contributed by atoms with Crippen LogP contribution in [0.5, 0.6) is 0 Å². The van der Waals surface area contributed by atoms with Crippen molar-refractivity contribution in [2.75, 3.05) is 6.61 Å². The fraction of sp³-hybridized carbons (Fsp3) is 0.625. The van der Waals surface area contributed by atoms with Crippen LogP contribution in [0.4, 0.5) is 0 Å². The summed E-state index contributed by atoms with van der Waals surface area (Å²) in [6, 6.07) is 0. The molecule has 0 bridgehead atoms. The predicted octanol–water partition coefficient (Wildman–Crippen LogP) is 2.19. The van der Waals surface area contributed by atoms with Gasteiger partial charge in [0.15, 0.2) is 0 Å². The van der Waals surface area contributed by atoms with Crippen LogP contribution in [0.3, 0.4) is 0 Å². The molecule has 0 aliphatic rings. The molecule has 0 aromatic heterocycles. The number of hydrogen-bond donors (Lipinski definition) is 0. The van der Waals surface area contributed by atoms with Crippen LogP contribution in [0.1, 0.15) is 20.3 Å². The summed E-state index contributed by atoms with van der Waals surface area (Å²) in [5, 5.41) is 0. The van der Waals surface area contributed by atoms with Gasteiger partial charge in [-0.05, 0) is 20.3 Å². The van der Waals surface area contributed by atoms with Gasteiger partial charge in [0.2, 0.25) is 0 Å². The highest BCUT2D eigenvalue weighted by Gasteiger charge is 1.95. The van der Waals surface area contributed by atoms with Crippen LogP contribution in [0, 0.1) is 6.92 Å². The lowest BCUT2D eigenvalue weighted by molar-refractivity contribution is 0.0995. The molecule has 0 aliphatic heterocycles. The molecular weight excluding hydrogens is 112 g/mol. The van der Waals surface area contributed by atoms with Gasteiger partial charge in [0.1, 0.15) is 0 Å². The molecule has 0 rings (SSSR count). The summed E-state index contributed by atoms with van der Waals surface area (Å²) in [7, 11) is 0. The Morgan fingerprint density at radius 3 is 2.56 bits per heavy atom. The Bertz CT molecular complexity index is 86.6. The molecule has 0 aliphatic carbocycles. The molecule has 0 aromatic carbocycles. The van der Waals surface area contributed by atoms with E-state index in [1.165, 1.54) is 0 Å². The highest BCUT2D eigenvalue weighted by molar-refractivity contribution is 4.87. The van der Waals surface area contributed by atoms with Gasteiger partial charge in [0.05, 0.1) is 12.7 Å². The highest BCUT2D eigenvalue weighted by Crippen LogP contribution is 1.97. The fourth-order valence-corrected chi connectivity index (χ4v) is 0.378. The first-order valence-corrected chi connectivity index (χ1v) is 3.26. The lowest BCUT2D eigenvalue weighted by Gasteiger charge is -2.08. The molecule has 1 radical (unpaired) electrons. The van der Waals surface area contributed by atoms with E-state index in [0.29, 0.717) is 6.61 Å². The molecule has 1 atom stereocenters. The van der Waals surface area contributed by atoms with Crippen molar-refractivity contribution in [2.45, 2.75) is 26.4 Å². The largest absolute Gasteiger partial charge is 0.374 e. The molecule has 0 saturated heterocycles. The van der Waals surface area contributed by atoms with Crippen molar-refractivity contribution < 1.29 is 4.74 Å². The first-order chi connectivity index (χ1) is 4.16. The van der Waals surface area contributed by atoms with Crippen LogP contribution in [0.15, 0.2) is 12.2 Å². The first kappa shape index (κ1) is 8.70. The van der Waals surface area contributed by atoms with E-state index >= 15 is 0 Å². The van der Waals surface area contributed by atoms with Crippen molar-refractivity contribution in [2.24, 2.45) is 0 Å². The van der Waals surface area contributed by atoms with E-state index in [1.807, 2.05) is 6.92 Å². The average molecular weight is 127 g/mol. The van der Waals surface area contributed by atoms with Crippen molar-refractivity contribution in [3.63, 3.8) is 0 Å². The smallest absolute Gasteiger partial charge is 0.0675 e. The van der Waals surface area contributed by atoms with Crippen molar-refractivity contribution in [1.82, 2.24) is 0 Å². The van der Waals surface area contributed by atoms with Gasteiger partial charge in [0, 0.05) is 0 Å². The zero-order chi connectivity index (χ0) is 7.28. The molecule has 0 fully saturated rings. The van der Waals surface area contributed by atoms with Gasteiger partial charge in [-0.1, -0.05) is 19.1 Å². The number of hydrogen-bond acceptors (Lipinski definition) is 1. The van der Waals surface area contributed by atoms with Crippen molar-refractivity contribution in [1.29, 1.82) is 0 Å². The maximum Gasteiger partial charge on any atom is 0.0675 e. The third-order valence-electron chi connectivity index (χ3n) is 1.02. The molecule has 0 heterocycles. The van der Waals surface area contributed by atoms with E-state index in [4.69, 9.17) is 4.74 Å². The normalized spacial score (nSPS) is 13.2. The van der Waals surface area contributed by atoms with Gasteiger partial charge >= 0.3 is 0 Å². The Labute approximate surface area is 57.7 Å². The second kappa shape index (κ2) is 4.57. The SMILES string of the molecule is [CH2]C(CC)OCC(=C)C. The van der Waals surface area contributed by atoms with Crippen molar-refractivity contribution >= 4 is 0 Å². The minimum absolute atomic E-state index is 0.127. The molecule has 0 spiro atoms. The Balaban J connectivity index is 3.16. The van der Waals surface area contributed by atoms with Crippen LogP contribution in [-0.2, 0) is 4.74 Å². The molecular formula is C8H15O. The van der Waals surface area contributed by atoms with E-state index in [2.05, 4.69) is 20.4 Å². The number of ether oxygens (including phenoxy) is 1. The molecule has 0 N–H and O–H groups in total. The second-order valence-electron chi connectivity index (χ2n) is 2.30. The van der Waals surface area contributed by atoms with E-state index in [1.54, 1.807) is 0 Å². The topological polar surface area (TPSA) is 9.23 Å². The summed E-state index contributed by atoms with van der Waals surface area (Å²) < 4.78 is 5.24. The van der Waals surface area contributed by atoms with Crippen LogP contribution in [0.25, 0.3) is 0 Å². The summed E-state index contributed by atoms with van der Waals surface area (Å²) in [6.45, 7) is 12.1. The lowest BCUT2D eigenvalue weighted by Crippen LogP contribution is -2.07. The summed E-state index contributed by atoms with van der Waals surface area (Å²) in [6.07, 6.45) is 1.09. The van der Waals surface area contributed by atoms with Gasteiger partial charge in [-0.15, -0.1) is 0 Å². The van der Waals surface area contributed by atoms with Crippen molar-refractivity contribution in [3.8, 4) is 0 Å². The molecule has 0 aromatic rings. The standard InChI is InChI=1S/C8H15O/c1-5-8(4)9-6-7(2)3/h8H,2,4-6H2,1,3H3. The maximum atomic E-state index is 5.24. The van der Waals surface area contributed by atoms with E-state index in [9.17, 15) is 0 Å². The molecule has 0 saturated carbocycles. The minimum Gasteiger partial charge on any atom is -0.374 e. The average Bonchev–Trinajstić information content (AvgIpc) is 1.83. The molecule has 1 unspecified atom stereocenters. The zero-order valence-corrected chi connectivity index (χ0v) is 6.31. The molecule has 9 heavy (non-hydrogen) atoms. The van der Waals surface area contributed by atoms with Crippen LogP contribution in [-0.4, -0.2) is 12.7 Å². The maximum absolute atomic E-state index is 5.24. The van der Waals surface area contributed by atoms with Crippen LogP contribution >= 0.6 is 0 Å². The quantitative estimate of drug-likeness (QED) is 0.526. The lowest BCUT2D eigenvalue weighted by atomic mass is 10.3. The molecule has 1 nitrogen and oxygen atoms in total.